The van der Waals surface area contributed by atoms with Gasteiger partial charge in [0.15, 0.2) is 11.5 Å². The number of anilines is 1. The molecule has 0 spiro atoms. The summed E-state index contributed by atoms with van der Waals surface area (Å²) in [5, 5.41) is 13.0. The van der Waals surface area contributed by atoms with Crippen LogP contribution in [0, 0.1) is 5.82 Å². The van der Waals surface area contributed by atoms with Gasteiger partial charge in [-0.15, -0.1) is 10.2 Å². The summed E-state index contributed by atoms with van der Waals surface area (Å²) in [5.74, 6) is 0.734. The summed E-state index contributed by atoms with van der Waals surface area (Å²) >= 11 is 0. The molecule has 35 heavy (non-hydrogen) atoms. The Balaban J connectivity index is 1.24. The van der Waals surface area contributed by atoms with Gasteiger partial charge in [0, 0.05) is 18.7 Å². The van der Waals surface area contributed by atoms with Gasteiger partial charge in [-0.05, 0) is 60.5 Å². The number of tetrazole rings is 1. The molecule has 3 aromatic rings. The number of amides is 2. The number of aromatic nitrogens is 4. The van der Waals surface area contributed by atoms with Crippen molar-refractivity contribution in [3.8, 4) is 22.9 Å². The topological polar surface area (TPSA) is 103 Å². The number of carbonyl (C=O) groups excluding carboxylic acids is 2. The van der Waals surface area contributed by atoms with Gasteiger partial charge >= 0.3 is 0 Å². The minimum atomic E-state index is -0.514. The third-order valence-electron chi connectivity index (χ3n) is 6.54. The predicted octanol–water partition coefficient (Wildman–Crippen LogP) is 2.47. The van der Waals surface area contributed by atoms with Crippen LogP contribution in [0.1, 0.15) is 25.3 Å². The lowest BCUT2D eigenvalue weighted by Crippen LogP contribution is -2.46. The highest BCUT2D eigenvalue weighted by molar-refractivity contribution is 6.22. The van der Waals surface area contributed by atoms with Gasteiger partial charge in [-0.2, -0.15) is 4.80 Å². The first-order chi connectivity index (χ1) is 17.0. The fourth-order valence-corrected chi connectivity index (χ4v) is 4.66. The van der Waals surface area contributed by atoms with E-state index in [1.165, 1.54) is 24.3 Å². The van der Waals surface area contributed by atoms with Crippen LogP contribution in [0.15, 0.2) is 42.5 Å². The highest BCUT2D eigenvalue weighted by Gasteiger charge is 2.43. The number of benzene rings is 2. The summed E-state index contributed by atoms with van der Waals surface area (Å²) in [7, 11) is 3.15. The Hall–Kier alpha value is -3.86. The van der Waals surface area contributed by atoms with Crippen LogP contribution in [-0.4, -0.2) is 70.3 Å². The molecule has 0 N–H and O–H groups in total. The SMILES string of the molecule is COc1ccc(-c2nnn(C3CCN(C4CC(=O)N(c5ccc(F)cc5)C4=O)CC3)n2)cc1OC. The molecule has 11 heteroatoms. The van der Waals surface area contributed by atoms with Gasteiger partial charge in [-0.1, -0.05) is 0 Å². The van der Waals surface area contributed by atoms with Crippen LogP contribution in [0.2, 0.25) is 0 Å². The normalized spacial score (nSPS) is 19.4. The van der Waals surface area contributed by atoms with Crippen LogP contribution in [0.25, 0.3) is 11.4 Å². The molecule has 1 unspecified atom stereocenters. The zero-order valence-corrected chi connectivity index (χ0v) is 19.4. The summed E-state index contributed by atoms with van der Waals surface area (Å²) < 4.78 is 23.9. The number of likely N-dealkylation sites (tertiary alicyclic amines) is 1. The number of carbonyl (C=O) groups is 2. The lowest BCUT2D eigenvalue weighted by molar-refractivity contribution is -0.123. The molecule has 0 aliphatic carbocycles. The maximum absolute atomic E-state index is 13.3. The van der Waals surface area contributed by atoms with E-state index >= 15 is 0 Å². The Labute approximate surface area is 201 Å². The van der Waals surface area contributed by atoms with Crippen LogP contribution in [0.4, 0.5) is 10.1 Å². The summed E-state index contributed by atoms with van der Waals surface area (Å²) in [5.41, 5.74) is 1.16. The van der Waals surface area contributed by atoms with E-state index in [2.05, 4.69) is 15.4 Å². The molecule has 2 aromatic carbocycles. The van der Waals surface area contributed by atoms with Crippen LogP contribution in [0.3, 0.4) is 0 Å². The Morgan fingerprint density at radius 3 is 2.37 bits per heavy atom. The van der Waals surface area contributed by atoms with E-state index in [1.54, 1.807) is 31.1 Å². The number of nitrogens with zero attached hydrogens (tertiary/aromatic N) is 6. The minimum Gasteiger partial charge on any atom is -0.493 e. The highest BCUT2D eigenvalue weighted by atomic mass is 19.1. The Kier molecular flexibility index (Phi) is 6.16. The minimum absolute atomic E-state index is 0.0352. The monoisotopic (exact) mass is 480 g/mol. The number of hydrogen-bond donors (Lipinski definition) is 0. The first kappa shape index (κ1) is 22.9. The molecule has 5 rings (SSSR count). The first-order valence-electron chi connectivity index (χ1n) is 11.4. The number of piperidine rings is 1. The number of imide groups is 1. The van der Waals surface area contributed by atoms with Crippen molar-refractivity contribution in [2.45, 2.75) is 31.3 Å². The van der Waals surface area contributed by atoms with E-state index in [1.807, 2.05) is 11.0 Å². The fourth-order valence-electron chi connectivity index (χ4n) is 4.66. The van der Waals surface area contributed by atoms with Crippen molar-refractivity contribution in [1.82, 2.24) is 25.1 Å². The second kappa shape index (κ2) is 9.41. The third-order valence-corrected chi connectivity index (χ3v) is 6.54. The van der Waals surface area contributed by atoms with Crippen molar-refractivity contribution >= 4 is 17.5 Å². The molecule has 3 heterocycles. The molecule has 182 valence electrons. The molecule has 0 radical (unpaired) electrons. The van der Waals surface area contributed by atoms with Crippen LogP contribution < -0.4 is 14.4 Å². The third kappa shape index (κ3) is 4.34. The van der Waals surface area contributed by atoms with E-state index in [0.717, 1.165) is 23.3 Å². The van der Waals surface area contributed by atoms with Gasteiger partial charge in [0.05, 0.1) is 38.4 Å². The number of ether oxygens (including phenoxy) is 2. The van der Waals surface area contributed by atoms with Crippen molar-refractivity contribution in [2.24, 2.45) is 0 Å². The average Bonchev–Trinajstić information content (AvgIpc) is 3.49. The molecule has 1 aromatic heterocycles. The number of rotatable bonds is 6. The molecular formula is C24H25FN6O4. The van der Waals surface area contributed by atoms with Crippen molar-refractivity contribution in [3.63, 3.8) is 0 Å². The van der Waals surface area contributed by atoms with E-state index in [0.29, 0.717) is 36.1 Å². The van der Waals surface area contributed by atoms with Crippen molar-refractivity contribution in [3.05, 3.63) is 48.3 Å². The summed E-state index contributed by atoms with van der Waals surface area (Å²) in [6, 6.07) is 10.4. The Bertz CT molecular complexity index is 1240. The lowest BCUT2D eigenvalue weighted by atomic mass is 10.0. The van der Waals surface area contributed by atoms with Gasteiger partial charge in [0.2, 0.25) is 11.7 Å². The molecule has 2 saturated heterocycles. The van der Waals surface area contributed by atoms with E-state index in [-0.39, 0.29) is 24.3 Å². The molecule has 2 amide bonds. The quantitative estimate of drug-likeness (QED) is 0.496. The Morgan fingerprint density at radius 1 is 0.971 bits per heavy atom. The largest absolute Gasteiger partial charge is 0.493 e. The maximum Gasteiger partial charge on any atom is 0.251 e. The van der Waals surface area contributed by atoms with Crippen molar-refractivity contribution < 1.29 is 23.5 Å². The van der Waals surface area contributed by atoms with Gasteiger partial charge in [-0.3, -0.25) is 14.5 Å². The standard InChI is InChI=1S/C24H25FN6O4/c1-34-20-8-3-15(13-21(20)35-2)23-26-28-31(27-23)18-9-11-29(12-10-18)19-14-22(32)30(24(19)33)17-6-4-16(25)5-7-17/h3-8,13,18-19H,9-12,14H2,1-2H3. The van der Waals surface area contributed by atoms with E-state index in [4.69, 9.17) is 9.47 Å². The van der Waals surface area contributed by atoms with Crippen molar-refractivity contribution in [1.29, 1.82) is 0 Å². The molecular weight excluding hydrogens is 455 g/mol. The molecule has 2 aliphatic heterocycles. The van der Waals surface area contributed by atoms with E-state index < -0.39 is 11.9 Å². The van der Waals surface area contributed by atoms with Crippen LogP contribution >= 0.6 is 0 Å². The number of hydrogen-bond acceptors (Lipinski definition) is 8. The molecule has 0 saturated carbocycles. The van der Waals surface area contributed by atoms with E-state index in [9.17, 15) is 14.0 Å². The van der Waals surface area contributed by atoms with Gasteiger partial charge in [0.1, 0.15) is 5.82 Å². The fraction of sp³-hybridized carbons (Fsp3) is 0.375. The zero-order valence-electron chi connectivity index (χ0n) is 19.4. The number of methoxy groups -OCH3 is 2. The predicted molar refractivity (Wildman–Crippen MR) is 123 cm³/mol. The average molecular weight is 481 g/mol. The summed E-state index contributed by atoms with van der Waals surface area (Å²) in [6.45, 7) is 1.25. The summed E-state index contributed by atoms with van der Waals surface area (Å²) in [6.07, 6.45) is 1.55. The molecule has 1 atom stereocenters. The maximum atomic E-state index is 13.3. The number of halogens is 1. The van der Waals surface area contributed by atoms with Gasteiger partial charge in [-0.25, -0.2) is 9.29 Å². The first-order valence-corrected chi connectivity index (χ1v) is 11.4. The van der Waals surface area contributed by atoms with Gasteiger partial charge in [0.25, 0.3) is 5.91 Å². The summed E-state index contributed by atoms with van der Waals surface area (Å²) in [4.78, 5) is 30.4. The zero-order chi connectivity index (χ0) is 24.5. The highest BCUT2D eigenvalue weighted by Crippen LogP contribution is 2.32. The second-order valence-corrected chi connectivity index (χ2v) is 8.53. The molecule has 0 bridgehead atoms. The second-order valence-electron chi connectivity index (χ2n) is 8.53. The molecule has 10 nitrogen and oxygen atoms in total. The molecule has 2 fully saturated rings. The van der Waals surface area contributed by atoms with Crippen LogP contribution in [-0.2, 0) is 9.59 Å². The Morgan fingerprint density at radius 2 is 1.69 bits per heavy atom. The molecule has 2 aliphatic rings. The smallest absolute Gasteiger partial charge is 0.251 e. The van der Waals surface area contributed by atoms with Gasteiger partial charge < -0.3 is 9.47 Å². The lowest BCUT2D eigenvalue weighted by Gasteiger charge is -2.34. The van der Waals surface area contributed by atoms with Crippen LogP contribution in [0.5, 0.6) is 11.5 Å². The van der Waals surface area contributed by atoms with Crippen molar-refractivity contribution in [2.75, 3.05) is 32.2 Å².